The molecule has 1 nitrogen and oxygen atoms in total. The van der Waals surface area contributed by atoms with E-state index in [1.807, 2.05) is 6.08 Å². The molecule has 14 heavy (non-hydrogen) atoms. The van der Waals surface area contributed by atoms with Crippen LogP contribution in [-0.4, -0.2) is 12.6 Å². The number of rotatable bonds is 3. The molecule has 0 saturated heterocycles. The second-order valence-electron chi connectivity index (χ2n) is 5.61. The summed E-state index contributed by atoms with van der Waals surface area (Å²) in [5.41, 5.74) is 0.503. The monoisotopic (exact) mass is 195 g/mol. The van der Waals surface area contributed by atoms with Crippen LogP contribution in [0.4, 0.5) is 0 Å². The summed E-state index contributed by atoms with van der Waals surface area (Å²) in [6, 6.07) is 0.742. The van der Waals surface area contributed by atoms with Crippen molar-refractivity contribution in [1.29, 1.82) is 0 Å². The minimum Gasteiger partial charge on any atom is -0.311 e. The van der Waals surface area contributed by atoms with E-state index in [9.17, 15) is 0 Å². The molecule has 0 unspecified atom stereocenters. The van der Waals surface area contributed by atoms with Gasteiger partial charge in [-0.05, 0) is 37.0 Å². The molecule has 0 atom stereocenters. The summed E-state index contributed by atoms with van der Waals surface area (Å²) in [5, 5.41) is 3.53. The van der Waals surface area contributed by atoms with Gasteiger partial charge >= 0.3 is 0 Å². The molecular formula is C13H25N. The zero-order chi connectivity index (χ0) is 10.6. The highest BCUT2D eigenvalue weighted by molar-refractivity contribution is 4.84. The highest BCUT2D eigenvalue weighted by Crippen LogP contribution is 2.37. The predicted octanol–water partition coefficient (Wildman–Crippen LogP) is 3.37. The summed E-state index contributed by atoms with van der Waals surface area (Å²) in [6.07, 6.45) is 7.41. The fraction of sp³-hybridized carbons (Fsp3) is 0.846. The second kappa shape index (κ2) is 4.97. The molecule has 1 aliphatic rings. The van der Waals surface area contributed by atoms with Crippen molar-refractivity contribution < 1.29 is 0 Å². The van der Waals surface area contributed by atoms with Crippen LogP contribution in [0.15, 0.2) is 12.7 Å². The van der Waals surface area contributed by atoms with Crippen LogP contribution in [0.25, 0.3) is 0 Å². The van der Waals surface area contributed by atoms with E-state index >= 15 is 0 Å². The molecule has 0 heterocycles. The Morgan fingerprint density at radius 3 is 2.21 bits per heavy atom. The van der Waals surface area contributed by atoms with Gasteiger partial charge in [0.15, 0.2) is 0 Å². The van der Waals surface area contributed by atoms with Crippen molar-refractivity contribution in [3.05, 3.63) is 12.7 Å². The molecule has 0 radical (unpaired) electrons. The molecule has 0 bridgehead atoms. The van der Waals surface area contributed by atoms with Crippen LogP contribution in [0.3, 0.4) is 0 Å². The van der Waals surface area contributed by atoms with Gasteiger partial charge in [-0.3, -0.25) is 0 Å². The topological polar surface area (TPSA) is 12.0 Å². The maximum atomic E-state index is 3.74. The molecule has 1 fully saturated rings. The lowest BCUT2D eigenvalue weighted by Gasteiger charge is -2.37. The van der Waals surface area contributed by atoms with Crippen LogP contribution in [-0.2, 0) is 0 Å². The van der Waals surface area contributed by atoms with E-state index in [1.54, 1.807) is 0 Å². The Labute approximate surface area is 89.0 Å². The van der Waals surface area contributed by atoms with Crippen LogP contribution in [0, 0.1) is 11.3 Å². The van der Waals surface area contributed by atoms with Gasteiger partial charge in [0.1, 0.15) is 0 Å². The molecule has 0 aromatic rings. The Morgan fingerprint density at radius 1 is 1.21 bits per heavy atom. The fourth-order valence-corrected chi connectivity index (χ4v) is 2.41. The quantitative estimate of drug-likeness (QED) is 0.681. The van der Waals surface area contributed by atoms with Crippen LogP contribution in [0.1, 0.15) is 46.5 Å². The standard InChI is InChI=1S/C13H25N/c1-5-10-14-12-8-6-11(7-9-12)13(2,3)4/h5,11-12,14H,1,6-10H2,2-4H3. The van der Waals surface area contributed by atoms with Crippen LogP contribution >= 0.6 is 0 Å². The van der Waals surface area contributed by atoms with E-state index in [0.29, 0.717) is 5.41 Å². The van der Waals surface area contributed by atoms with E-state index in [-0.39, 0.29) is 0 Å². The first kappa shape index (κ1) is 11.8. The molecular weight excluding hydrogens is 170 g/mol. The van der Waals surface area contributed by atoms with Gasteiger partial charge in [0.2, 0.25) is 0 Å². The summed E-state index contributed by atoms with van der Waals surface area (Å²) >= 11 is 0. The van der Waals surface area contributed by atoms with Gasteiger partial charge in [0.25, 0.3) is 0 Å². The van der Waals surface area contributed by atoms with Gasteiger partial charge in [-0.2, -0.15) is 0 Å². The van der Waals surface area contributed by atoms with Gasteiger partial charge in [0.05, 0.1) is 0 Å². The third-order valence-corrected chi connectivity index (χ3v) is 3.50. The first-order valence-electron chi connectivity index (χ1n) is 5.88. The van der Waals surface area contributed by atoms with Crippen molar-refractivity contribution in [2.75, 3.05) is 6.54 Å². The van der Waals surface area contributed by atoms with Crippen LogP contribution < -0.4 is 5.32 Å². The van der Waals surface area contributed by atoms with Crippen molar-refractivity contribution in [3.63, 3.8) is 0 Å². The lowest BCUT2D eigenvalue weighted by atomic mass is 9.71. The molecule has 1 saturated carbocycles. The summed E-state index contributed by atoms with van der Waals surface area (Å²) in [6.45, 7) is 11.8. The average molecular weight is 195 g/mol. The summed E-state index contributed by atoms with van der Waals surface area (Å²) in [7, 11) is 0. The smallest absolute Gasteiger partial charge is 0.0134 e. The first-order chi connectivity index (χ1) is 6.54. The highest BCUT2D eigenvalue weighted by Gasteiger charge is 2.29. The molecule has 0 aromatic carbocycles. The van der Waals surface area contributed by atoms with Crippen molar-refractivity contribution in [3.8, 4) is 0 Å². The minimum atomic E-state index is 0.503. The van der Waals surface area contributed by atoms with Gasteiger partial charge in [-0.1, -0.05) is 26.8 Å². The summed E-state index contributed by atoms with van der Waals surface area (Å²) in [5.74, 6) is 0.921. The molecule has 0 amide bonds. The Hall–Kier alpha value is -0.300. The first-order valence-corrected chi connectivity index (χ1v) is 5.88. The lowest BCUT2D eigenvalue weighted by Crippen LogP contribution is -2.36. The third kappa shape index (κ3) is 3.45. The Balaban J connectivity index is 2.27. The molecule has 1 N–H and O–H groups in total. The van der Waals surface area contributed by atoms with Crippen molar-refractivity contribution >= 4 is 0 Å². The van der Waals surface area contributed by atoms with E-state index in [2.05, 4.69) is 32.7 Å². The summed E-state index contributed by atoms with van der Waals surface area (Å²) < 4.78 is 0. The minimum absolute atomic E-state index is 0.503. The molecule has 82 valence electrons. The lowest BCUT2D eigenvalue weighted by molar-refractivity contribution is 0.161. The second-order valence-corrected chi connectivity index (χ2v) is 5.61. The SMILES string of the molecule is C=CCNC1CCC(C(C)(C)C)CC1. The molecule has 1 heteroatoms. The van der Waals surface area contributed by atoms with E-state index in [4.69, 9.17) is 0 Å². The third-order valence-electron chi connectivity index (χ3n) is 3.50. The van der Waals surface area contributed by atoms with Crippen LogP contribution in [0.2, 0.25) is 0 Å². The van der Waals surface area contributed by atoms with Crippen molar-refractivity contribution in [1.82, 2.24) is 5.32 Å². The predicted molar refractivity (Wildman–Crippen MR) is 63.4 cm³/mol. The number of hydrogen-bond donors (Lipinski definition) is 1. The van der Waals surface area contributed by atoms with Crippen molar-refractivity contribution in [2.45, 2.75) is 52.5 Å². The number of nitrogens with one attached hydrogen (secondary N) is 1. The highest BCUT2D eigenvalue weighted by atomic mass is 14.9. The zero-order valence-corrected chi connectivity index (χ0v) is 9.97. The normalized spacial score (nSPS) is 28.8. The van der Waals surface area contributed by atoms with Gasteiger partial charge < -0.3 is 5.32 Å². The molecule has 1 aliphatic carbocycles. The molecule has 1 rings (SSSR count). The largest absolute Gasteiger partial charge is 0.311 e. The van der Waals surface area contributed by atoms with Gasteiger partial charge in [-0.25, -0.2) is 0 Å². The molecule has 0 spiro atoms. The Kier molecular flexibility index (Phi) is 4.18. The molecule has 0 aromatic heterocycles. The average Bonchev–Trinajstić information content (AvgIpc) is 2.14. The zero-order valence-electron chi connectivity index (χ0n) is 9.97. The number of hydrogen-bond acceptors (Lipinski definition) is 1. The maximum Gasteiger partial charge on any atom is 0.0134 e. The van der Waals surface area contributed by atoms with Gasteiger partial charge in [-0.15, -0.1) is 6.58 Å². The Bertz CT molecular complexity index is 170. The van der Waals surface area contributed by atoms with Crippen molar-refractivity contribution in [2.24, 2.45) is 11.3 Å². The van der Waals surface area contributed by atoms with E-state index in [1.165, 1.54) is 25.7 Å². The van der Waals surface area contributed by atoms with Gasteiger partial charge in [0, 0.05) is 12.6 Å². The van der Waals surface area contributed by atoms with E-state index in [0.717, 1.165) is 18.5 Å². The molecule has 0 aliphatic heterocycles. The Morgan fingerprint density at radius 2 is 1.79 bits per heavy atom. The maximum absolute atomic E-state index is 3.74. The van der Waals surface area contributed by atoms with E-state index < -0.39 is 0 Å². The fourth-order valence-electron chi connectivity index (χ4n) is 2.41. The summed E-state index contributed by atoms with van der Waals surface area (Å²) in [4.78, 5) is 0. The van der Waals surface area contributed by atoms with Crippen LogP contribution in [0.5, 0.6) is 0 Å².